The zero-order valence-electron chi connectivity index (χ0n) is 18.8. The molecule has 7 heteroatoms. The molecule has 1 aliphatic heterocycles. The van der Waals surface area contributed by atoms with Crippen LogP contribution in [0.5, 0.6) is 0 Å². The minimum atomic E-state index is -0.341. The van der Waals surface area contributed by atoms with Gasteiger partial charge in [0.2, 0.25) is 0 Å². The van der Waals surface area contributed by atoms with Crippen molar-refractivity contribution in [2.75, 3.05) is 18.8 Å². The molecule has 2 aliphatic rings. The molecule has 7 nitrogen and oxygen atoms in total. The molecule has 170 valence electrons. The zero-order valence-corrected chi connectivity index (χ0v) is 18.8. The standard InChI is InChI=1S/C25H33N5O2/c1-17(14-27-15-18-5-4-6-18)11-20-9-8-19(12-21(20)26)16-28-25(32)22-13-24(31)30-10-3-2-7-23(30)29-22/h8-9,11-13,18,27H,2-7,10,14-16,26H2,1H3,(H,28,32)/b17-11+. The molecular formula is C25H33N5O2. The van der Waals surface area contributed by atoms with E-state index >= 15 is 0 Å². The van der Waals surface area contributed by atoms with Crippen LogP contribution < -0.4 is 21.9 Å². The SMILES string of the molecule is C/C(=C\c1ccc(CNC(=O)c2cc(=O)n3c(n2)CCCC3)cc1N)CNCC1CCC1. The number of aromatic nitrogens is 2. The van der Waals surface area contributed by atoms with Crippen molar-refractivity contribution in [1.82, 2.24) is 20.2 Å². The molecule has 1 aliphatic carbocycles. The van der Waals surface area contributed by atoms with Crippen LogP contribution in [0.1, 0.15) is 66.5 Å². The molecule has 4 N–H and O–H groups in total. The Hall–Kier alpha value is -2.93. The number of nitrogens with one attached hydrogen (secondary N) is 2. The molecule has 2 heterocycles. The van der Waals surface area contributed by atoms with Crippen molar-refractivity contribution in [2.24, 2.45) is 5.92 Å². The Balaban J connectivity index is 1.33. The molecule has 4 rings (SSSR count). The van der Waals surface area contributed by atoms with Crippen LogP contribution in [0.4, 0.5) is 5.69 Å². The van der Waals surface area contributed by atoms with E-state index in [1.165, 1.54) is 30.9 Å². The number of carbonyl (C=O) groups excluding carboxylic acids is 1. The molecule has 32 heavy (non-hydrogen) atoms. The van der Waals surface area contributed by atoms with E-state index in [9.17, 15) is 9.59 Å². The van der Waals surface area contributed by atoms with Crippen molar-refractivity contribution in [1.29, 1.82) is 0 Å². The largest absolute Gasteiger partial charge is 0.398 e. The fourth-order valence-corrected chi connectivity index (χ4v) is 4.28. The smallest absolute Gasteiger partial charge is 0.270 e. The number of benzene rings is 1. The topological polar surface area (TPSA) is 102 Å². The molecule has 0 bridgehead atoms. The van der Waals surface area contributed by atoms with Gasteiger partial charge in [-0.2, -0.15) is 0 Å². The van der Waals surface area contributed by atoms with Crippen molar-refractivity contribution in [3.8, 4) is 0 Å². The monoisotopic (exact) mass is 435 g/mol. The second kappa shape index (κ2) is 10.1. The van der Waals surface area contributed by atoms with Gasteiger partial charge in [0.05, 0.1) is 0 Å². The van der Waals surface area contributed by atoms with E-state index in [1.807, 2.05) is 18.2 Å². The third-order valence-corrected chi connectivity index (χ3v) is 6.42. The van der Waals surface area contributed by atoms with Crippen LogP contribution in [0.3, 0.4) is 0 Å². The van der Waals surface area contributed by atoms with E-state index in [4.69, 9.17) is 5.73 Å². The number of hydrogen-bond acceptors (Lipinski definition) is 5. The summed E-state index contributed by atoms with van der Waals surface area (Å²) in [6.07, 6.45) is 8.87. The van der Waals surface area contributed by atoms with Crippen molar-refractivity contribution in [3.05, 3.63) is 62.8 Å². The number of rotatable bonds is 8. The number of aryl methyl sites for hydroxylation is 1. The molecule has 2 aromatic rings. The van der Waals surface area contributed by atoms with Gasteiger partial charge in [-0.3, -0.25) is 14.2 Å². The number of anilines is 1. The molecule has 1 saturated carbocycles. The van der Waals surface area contributed by atoms with Crippen LogP contribution in [-0.2, 0) is 19.5 Å². The second-order valence-electron chi connectivity index (χ2n) is 9.07. The average Bonchev–Trinajstić information content (AvgIpc) is 2.75. The van der Waals surface area contributed by atoms with Crippen LogP contribution in [0.2, 0.25) is 0 Å². The maximum absolute atomic E-state index is 12.6. The van der Waals surface area contributed by atoms with E-state index in [-0.39, 0.29) is 17.2 Å². The number of nitrogens with two attached hydrogens (primary N) is 1. The number of hydrogen-bond donors (Lipinski definition) is 3. The molecule has 0 spiro atoms. The summed E-state index contributed by atoms with van der Waals surface area (Å²) in [4.78, 5) is 29.2. The summed E-state index contributed by atoms with van der Waals surface area (Å²) in [6.45, 7) is 5.07. The Morgan fingerprint density at radius 3 is 2.84 bits per heavy atom. The first kappa shape index (κ1) is 22.3. The molecule has 1 aromatic carbocycles. The van der Waals surface area contributed by atoms with Gasteiger partial charge in [-0.15, -0.1) is 0 Å². The summed E-state index contributed by atoms with van der Waals surface area (Å²) < 4.78 is 1.66. The van der Waals surface area contributed by atoms with Gasteiger partial charge in [0.1, 0.15) is 11.5 Å². The normalized spacial score (nSPS) is 16.3. The highest BCUT2D eigenvalue weighted by Gasteiger charge is 2.17. The van der Waals surface area contributed by atoms with E-state index in [0.29, 0.717) is 24.6 Å². The summed E-state index contributed by atoms with van der Waals surface area (Å²) in [7, 11) is 0. The van der Waals surface area contributed by atoms with Gasteiger partial charge < -0.3 is 16.4 Å². The summed E-state index contributed by atoms with van der Waals surface area (Å²) in [6, 6.07) is 7.16. The fourth-order valence-electron chi connectivity index (χ4n) is 4.28. The fraction of sp³-hybridized carbons (Fsp3) is 0.480. The highest BCUT2D eigenvalue weighted by Crippen LogP contribution is 2.25. The maximum Gasteiger partial charge on any atom is 0.270 e. The lowest BCUT2D eigenvalue weighted by molar-refractivity contribution is 0.0945. The third-order valence-electron chi connectivity index (χ3n) is 6.42. The van der Waals surface area contributed by atoms with Crippen LogP contribution in [-0.4, -0.2) is 28.5 Å². The Morgan fingerprint density at radius 1 is 1.25 bits per heavy atom. The van der Waals surface area contributed by atoms with Crippen LogP contribution in [0.25, 0.3) is 6.08 Å². The minimum absolute atomic E-state index is 0.155. The van der Waals surface area contributed by atoms with E-state index < -0.39 is 0 Å². The Morgan fingerprint density at radius 2 is 2.09 bits per heavy atom. The van der Waals surface area contributed by atoms with Crippen molar-refractivity contribution in [2.45, 2.75) is 58.5 Å². The van der Waals surface area contributed by atoms with Gasteiger partial charge >= 0.3 is 0 Å². The summed E-state index contributed by atoms with van der Waals surface area (Å²) in [5.41, 5.74) is 10.1. The van der Waals surface area contributed by atoms with Crippen LogP contribution in [0.15, 0.2) is 34.6 Å². The third kappa shape index (κ3) is 5.46. The minimum Gasteiger partial charge on any atom is -0.398 e. The molecule has 0 saturated heterocycles. The Kier molecular flexibility index (Phi) is 7.05. The van der Waals surface area contributed by atoms with Crippen molar-refractivity contribution >= 4 is 17.7 Å². The quantitative estimate of drug-likeness (QED) is 0.554. The van der Waals surface area contributed by atoms with Gasteiger partial charge in [0, 0.05) is 37.8 Å². The molecular weight excluding hydrogens is 402 g/mol. The second-order valence-corrected chi connectivity index (χ2v) is 9.07. The first-order chi connectivity index (χ1) is 15.5. The van der Waals surface area contributed by atoms with E-state index in [1.54, 1.807) is 4.57 Å². The Bertz CT molecular complexity index is 1070. The molecule has 1 fully saturated rings. The van der Waals surface area contributed by atoms with Gasteiger partial charge in [-0.1, -0.05) is 30.2 Å². The lowest BCUT2D eigenvalue weighted by Crippen LogP contribution is -2.32. The van der Waals surface area contributed by atoms with E-state index in [0.717, 1.165) is 49.4 Å². The number of amides is 1. The number of carbonyl (C=O) groups is 1. The number of nitrogens with zero attached hydrogens (tertiary/aromatic N) is 2. The molecule has 1 amide bonds. The summed E-state index contributed by atoms with van der Waals surface area (Å²) in [5.74, 6) is 1.21. The lowest BCUT2D eigenvalue weighted by Gasteiger charge is -2.25. The summed E-state index contributed by atoms with van der Waals surface area (Å²) >= 11 is 0. The predicted molar refractivity (Wildman–Crippen MR) is 127 cm³/mol. The molecule has 0 radical (unpaired) electrons. The first-order valence-corrected chi connectivity index (χ1v) is 11.6. The molecule has 1 aromatic heterocycles. The highest BCUT2D eigenvalue weighted by atomic mass is 16.2. The first-order valence-electron chi connectivity index (χ1n) is 11.6. The number of fused-ring (bicyclic) bond motifs is 1. The lowest BCUT2D eigenvalue weighted by atomic mass is 9.85. The predicted octanol–water partition coefficient (Wildman–Crippen LogP) is 2.88. The average molecular weight is 436 g/mol. The van der Waals surface area contributed by atoms with Crippen LogP contribution >= 0.6 is 0 Å². The van der Waals surface area contributed by atoms with Crippen LogP contribution in [0, 0.1) is 5.92 Å². The zero-order chi connectivity index (χ0) is 22.5. The summed E-state index contributed by atoms with van der Waals surface area (Å²) in [5, 5.41) is 6.38. The van der Waals surface area contributed by atoms with Crippen molar-refractivity contribution in [3.63, 3.8) is 0 Å². The molecule has 0 atom stereocenters. The van der Waals surface area contributed by atoms with E-state index in [2.05, 4.69) is 28.6 Å². The Labute approximate surface area is 189 Å². The van der Waals surface area contributed by atoms with Gasteiger partial charge in [0.25, 0.3) is 11.5 Å². The maximum atomic E-state index is 12.6. The van der Waals surface area contributed by atoms with Crippen molar-refractivity contribution < 1.29 is 4.79 Å². The highest BCUT2D eigenvalue weighted by molar-refractivity contribution is 5.92. The number of nitrogen functional groups attached to an aromatic ring is 1. The van der Waals surface area contributed by atoms with Gasteiger partial charge in [-0.25, -0.2) is 4.98 Å². The molecule has 0 unspecified atom stereocenters. The van der Waals surface area contributed by atoms with Gasteiger partial charge in [0.15, 0.2) is 0 Å². The van der Waals surface area contributed by atoms with Gasteiger partial charge in [-0.05, 0) is 62.3 Å².